The largest absolute Gasteiger partial charge is 0.444 e. The summed E-state index contributed by atoms with van der Waals surface area (Å²) in [5.74, 6) is -0.205. The van der Waals surface area contributed by atoms with Crippen LogP contribution in [0.2, 0.25) is 0 Å². The highest BCUT2D eigenvalue weighted by atomic mass is 19.4. The minimum atomic E-state index is -4.57. The van der Waals surface area contributed by atoms with Gasteiger partial charge in [0.15, 0.2) is 0 Å². The lowest BCUT2D eigenvalue weighted by Crippen LogP contribution is -2.47. The topological polar surface area (TPSA) is 71.5 Å². The first-order valence-electron chi connectivity index (χ1n) is 9.75. The van der Waals surface area contributed by atoms with Gasteiger partial charge in [-0.3, -0.25) is 9.69 Å². The van der Waals surface area contributed by atoms with Crippen molar-refractivity contribution in [1.29, 1.82) is 0 Å². The molecule has 2 aliphatic rings. The van der Waals surface area contributed by atoms with Crippen LogP contribution in [0, 0.1) is 5.41 Å². The van der Waals surface area contributed by atoms with Gasteiger partial charge < -0.3 is 10.1 Å². The summed E-state index contributed by atoms with van der Waals surface area (Å²) in [5, 5.41) is 2.83. The lowest BCUT2D eigenvalue weighted by Gasteiger charge is -2.37. The maximum absolute atomic E-state index is 13.2. The van der Waals surface area contributed by atoms with Crippen LogP contribution in [-0.2, 0) is 15.7 Å². The second kappa shape index (κ2) is 7.50. The Balaban J connectivity index is 1.72. The molecule has 1 aromatic rings. The number of pyridine rings is 1. The molecule has 0 unspecified atom stereocenters. The van der Waals surface area contributed by atoms with Gasteiger partial charge in [-0.2, -0.15) is 13.2 Å². The van der Waals surface area contributed by atoms with Crippen LogP contribution < -0.4 is 10.2 Å². The summed E-state index contributed by atoms with van der Waals surface area (Å²) in [4.78, 5) is 30.2. The Kier molecular flexibility index (Phi) is 5.53. The maximum Gasteiger partial charge on any atom is 0.433 e. The fourth-order valence-electron chi connectivity index (χ4n) is 4.15. The van der Waals surface area contributed by atoms with Gasteiger partial charge in [-0.15, -0.1) is 0 Å². The van der Waals surface area contributed by atoms with E-state index in [4.69, 9.17) is 4.74 Å². The van der Waals surface area contributed by atoms with Crippen molar-refractivity contribution in [3.05, 3.63) is 23.9 Å². The number of anilines is 1. The molecule has 3 rings (SSSR count). The molecule has 1 aliphatic heterocycles. The fourth-order valence-corrected chi connectivity index (χ4v) is 4.15. The van der Waals surface area contributed by atoms with E-state index in [1.54, 1.807) is 20.8 Å². The monoisotopic (exact) mass is 413 g/mol. The molecule has 1 aromatic heterocycles. The van der Waals surface area contributed by atoms with Gasteiger partial charge in [-0.1, -0.05) is 12.5 Å². The Morgan fingerprint density at radius 3 is 2.66 bits per heavy atom. The van der Waals surface area contributed by atoms with Crippen LogP contribution >= 0.6 is 0 Å². The van der Waals surface area contributed by atoms with Crippen LogP contribution in [0.15, 0.2) is 18.2 Å². The zero-order valence-corrected chi connectivity index (χ0v) is 16.8. The highest BCUT2D eigenvalue weighted by Crippen LogP contribution is 2.46. The van der Waals surface area contributed by atoms with E-state index in [1.165, 1.54) is 17.0 Å². The highest BCUT2D eigenvalue weighted by molar-refractivity contribution is 5.99. The van der Waals surface area contributed by atoms with Gasteiger partial charge in [0.25, 0.3) is 0 Å². The van der Waals surface area contributed by atoms with E-state index in [2.05, 4.69) is 10.3 Å². The standard InChI is InChI=1S/C20H26F3N3O3/c1-18(2,3)29-17(28)24-13-6-5-9-19(12-13)10-11-26(16(19)27)15-8-4-7-14(25-15)20(21,22)23/h4,7-8,13H,5-6,9-12H2,1-3H3,(H,24,28)/t13-,19-/m0/s1. The smallest absolute Gasteiger partial charge is 0.433 e. The average Bonchev–Trinajstić information content (AvgIpc) is 2.89. The van der Waals surface area contributed by atoms with Crippen LogP contribution in [0.3, 0.4) is 0 Å². The van der Waals surface area contributed by atoms with E-state index >= 15 is 0 Å². The third kappa shape index (κ3) is 4.82. The minimum absolute atomic E-state index is 0.0175. The molecule has 2 heterocycles. The average molecular weight is 413 g/mol. The molecule has 6 nitrogen and oxygen atoms in total. The second-order valence-electron chi connectivity index (χ2n) is 8.81. The number of rotatable bonds is 2. The lowest BCUT2D eigenvalue weighted by atomic mass is 9.71. The number of carbonyl (C=O) groups excluding carboxylic acids is 2. The Hall–Kier alpha value is -2.32. The number of ether oxygens (including phenoxy) is 1. The van der Waals surface area contributed by atoms with Gasteiger partial charge in [-0.25, -0.2) is 9.78 Å². The van der Waals surface area contributed by atoms with E-state index in [0.717, 1.165) is 18.9 Å². The molecule has 1 N–H and O–H groups in total. The van der Waals surface area contributed by atoms with Crippen LogP contribution in [-0.4, -0.2) is 35.2 Å². The first kappa shape index (κ1) is 21.4. The van der Waals surface area contributed by atoms with E-state index in [-0.39, 0.29) is 17.8 Å². The van der Waals surface area contributed by atoms with Crippen molar-refractivity contribution in [3.63, 3.8) is 0 Å². The van der Waals surface area contributed by atoms with Crippen molar-refractivity contribution >= 4 is 17.8 Å². The molecule has 1 saturated carbocycles. The molecule has 1 aliphatic carbocycles. The lowest BCUT2D eigenvalue weighted by molar-refractivity contribution is -0.141. The van der Waals surface area contributed by atoms with Gasteiger partial charge in [-0.05, 0) is 58.6 Å². The predicted molar refractivity (Wildman–Crippen MR) is 100 cm³/mol. The minimum Gasteiger partial charge on any atom is -0.444 e. The van der Waals surface area contributed by atoms with E-state index < -0.39 is 29.0 Å². The maximum atomic E-state index is 13.2. The van der Waals surface area contributed by atoms with E-state index in [1.807, 2.05) is 0 Å². The van der Waals surface area contributed by atoms with Crippen molar-refractivity contribution in [2.75, 3.05) is 11.4 Å². The molecule has 2 fully saturated rings. The number of halogens is 3. The number of amides is 2. The van der Waals surface area contributed by atoms with Crippen molar-refractivity contribution < 1.29 is 27.5 Å². The van der Waals surface area contributed by atoms with Crippen molar-refractivity contribution in [2.24, 2.45) is 5.41 Å². The normalized spacial score (nSPS) is 25.4. The molecule has 1 saturated heterocycles. The summed E-state index contributed by atoms with van der Waals surface area (Å²) in [7, 11) is 0. The zero-order valence-electron chi connectivity index (χ0n) is 16.8. The first-order valence-corrected chi connectivity index (χ1v) is 9.75. The van der Waals surface area contributed by atoms with Crippen LogP contribution in [0.4, 0.5) is 23.8 Å². The Labute approximate surface area is 167 Å². The summed E-state index contributed by atoms with van der Waals surface area (Å²) in [5.41, 5.74) is -2.32. The van der Waals surface area contributed by atoms with Crippen LogP contribution in [0.1, 0.15) is 58.6 Å². The Morgan fingerprint density at radius 2 is 2.00 bits per heavy atom. The summed E-state index contributed by atoms with van der Waals surface area (Å²) >= 11 is 0. The van der Waals surface area contributed by atoms with Crippen molar-refractivity contribution in [2.45, 2.75) is 70.7 Å². The van der Waals surface area contributed by atoms with Gasteiger partial charge in [0.05, 0.1) is 5.41 Å². The number of carbonyl (C=O) groups is 2. The number of aromatic nitrogens is 1. The van der Waals surface area contributed by atoms with Gasteiger partial charge in [0, 0.05) is 12.6 Å². The SMILES string of the molecule is CC(C)(C)OC(=O)N[C@H]1CCC[C@]2(CCN(c3cccc(C(F)(F)F)n3)C2=O)C1. The summed E-state index contributed by atoms with van der Waals surface area (Å²) in [6.45, 7) is 5.63. The quantitative estimate of drug-likeness (QED) is 0.785. The molecule has 0 aromatic carbocycles. The van der Waals surface area contributed by atoms with Crippen LogP contribution in [0.5, 0.6) is 0 Å². The van der Waals surface area contributed by atoms with E-state index in [0.29, 0.717) is 25.8 Å². The molecule has 29 heavy (non-hydrogen) atoms. The summed E-state index contributed by atoms with van der Waals surface area (Å²) < 4.78 is 44.2. The molecule has 0 bridgehead atoms. The highest BCUT2D eigenvalue weighted by Gasteiger charge is 2.50. The first-order chi connectivity index (χ1) is 13.4. The summed E-state index contributed by atoms with van der Waals surface area (Å²) in [6.07, 6.45) is -2.00. The number of alkyl halides is 3. The number of hydrogen-bond donors (Lipinski definition) is 1. The Morgan fingerprint density at radius 1 is 1.28 bits per heavy atom. The molecule has 0 radical (unpaired) electrons. The molecular formula is C20H26F3N3O3. The predicted octanol–water partition coefficient (Wildman–Crippen LogP) is 4.29. The fraction of sp³-hybridized carbons (Fsp3) is 0.650. The van der Waals surface area contributed by atoms with Crippen molar-refractivity contribution in [3.8, 4) is 0 Å². The van der Waals surface area contributed by atoms with Gasteiger partial charge in [0.1, 0.15) is 17.1 Å². The van der Waals surface area contributed by atoms with E-state index in [9.17, 15) is 22.8 Å². The third-order valence-electron chi connectivity index (χ3n) is 5.38. The number of hydrogen-bond acceptors (Lipinski definition) is 4. The molecule has 9 heteroatoms. The molecule has 160 valence electrons. The van der Waals surface area contributed by atoms with Gasteiger partial charge in [0.2, 0.25) is 5.91 Å². The zero-order chi connectivity index (χ0) is 21.4. The Bertz CT molecular complexity index is 791. The number of nitrogens with zero attached hydrogens (tertiary/aromatic N) is 2. The number of alkyl carbamates (subject to hydrolysis) is 1. The molecular weight excluding hydrogens is 387 g/mol. The molecule has 2 amide bonds. The molecule has 1 spiro atoms. The van der Waals surface area contributed by atoms with Crippen LogP contribution in [0.25, 0.3) is 0 Å². The van der Waals surface area contributed by atoms with Crippen molar-refractivity contribution in [1.82, 2.24) is 10.3 Å². The molecule has 2 atom stereocenters. The third-order valence-corrected chi connectivity index (χ3v) is 5.38. The second-order valence-corrected chi connectivity index (χ2v) is 8.81. The number of nitrogens with one attached hydrogen (secondary N) is 1. The summed E-state index contributed by atoms with van der Waals surface area (Å²) in [6, 6.07) is 3.36. The van der Waals surface area contributed by atoms with Gasteiger partial charge >= 0.3 is 12.3 Å².